The van der Waals surface area contributed by atoms with Gasteiger partial charge in [-0.25, -0.2) is 4.79 Å². The molecule has 0 N–H and O–H groups in total. The molecular formula is C15H7F3O4. The Morgan fingerprint density at radius 3 is 2.41 bits per heavy atom. The summed E-state index contributed by atoms with van der Waals surface area (Å²) in [5.41, 5.74) is -1.97. The molecule has 7 heteroatoms. The maximum Gasteiger partial charge on any atom is 0.417 e. The van der Waals surface area contributed by atoms with Crippen LogP contribution in [0.3, 0.4) is 0 Å². The fourth-order valence-corrected chi connectivity index (χ4v) is 2.12. The van der Waals surface area contributed by atoms with Crippen LogP contribution in [0.5, 0.6) is 0 Å². The molecule has 0 unspecified atom stereocenters. The van der Waals surface area contributed by atoms with Crippen molar-refractivity contribution < 1.29 is 26.8 Å². The SMILES string of the molecule is O=Cc1ccc(-c2ccc3c(C(F)(F)F)cc(=O)oc3c2)o1. The number of halogens is 3. The van der Waals surface area contributed by atoms with E-state index in [-0.39, 0.29) is 22.5 Å². The van der Waals surface area contributed by atoms with E-state index < -0.39 is 17.4 Å². The van der Waals surface area contributed by atoms with Crippen LogP contribution in [0.15, 0.2) is 50.0 Å². The Morgan fingerprint density at radius 2 is 1.77 bits per heavy atom. The van der Waals surface area contributed by atoms with Crippen molar-refractivity contribution in [2.75, 3.05) is 0 Å². The highest BCUT2D eigenvalue weighted by molar-refractivity contribution is 5.85. The number of furan rings is 1. The highest BCUT2D eigenvalue weighted by Gasteiger charge is 2.33. The van der Waals surface area contributed by atoms with Gasteiger partial charge in [-0.1, -0.05) is 6.07 Å². The van der Waals surface area contributed by atoms with Gasteiger partial charge in [-0.3, -0.25) is 4.79 Å². The van der Waals surface area contributed by atoms with Gasteiger partial charge in [0, 0.05) is 17.0 Å². The van der Waals surface area contributed by atoms with Gasteiger partial charge in [0.05, 0.1) is 5.56 Å². The first-order valence-corrected chi connectivity index (χ1v) is 6.09. The fourth-order valence-electron chi connectivity index (χ4n) is 2.12. The number of carbonyl (C=O) groups is 1. The average molecular weight is 308 g/mol. The van der Waals surface area contributed by atoms with Crippen LogP contribution in [0.25, 0.3) is 22.3 Å². The van der Waals surface area contributed by atoms with Crippen LogP contribution >= 0.6 is 0 Å². The maximum atomic E-state index is 12.9. The van der Waals surface area contributed by atoms with Gasteiger partial charge >= 0.3 is 11.8 Å². The van der Waals surface area contributed by atoms with E-state index >= 15 is 0 Å². The zero-order valence-electron chi connectivity index (χ0n) is 10.8. The summed E-state index contributed by atoms with van der Waals surface area (Å²) in [7, 11) is 0. The highest BCUT2D eigenvalue weighted by Crippen LogP contribution is 2.35. The Labute approximate surface area is 120 Å². The summed E-state index contributed by atoms with van der Waals surface area (Å²) in [5, 5.41) is -0.224. The summed E-state index contributed by atoms with van der Waals surface area (Å²) >= 11 is 0. The van der Waals surface area contributed by atoms with E-state index in [1.54, 1.807) is 0 Å². The van der Waals surface area contributed by atoms with Gasteiger partial charge in [0.25, 0.3) is 0 Å². The summed E-state index contributed by atoms with van der Waals surface area (Å²) in [6, 6.07) is 7.19. The Balaban J connectivity index is 2.22. The van der Waals surface area contributed by atoms with E-state index in [1.165, 1.54) is 30.3 Å². The number of carbonyl (C=O) groups excluding carboxylic acids is 1. The molecule has 2 heterocycles. The molecule has 0 aliphatic rings. The second-order valence-corrected chi connectivity index (χ2v) is 4.51. The molecule has 0 bridgehead atoms. The van der Waals surface area contributed by atoms with Crippen LogP contribution in [0, 0.1) is 0 Å². The van der Waals surface area contributed by atoms with Crippen LogP contribution in [0.4, 0.5) is 13.2 Å². The molecule has 0 aliphatic carbocycles. The lowest BCUT2D eigenvalue weighted by Crippen LogP contribution is -2.10. The summed E-state index contributed by atoms with van der Waals surface area (Å²) in [6.45, 7) is 0. The minimum absolute atomic E-state index is 0.0839. The Hall–Kier alpha value is -2.83. The van der Waals surface area contributed by atoms with Crippen molar-refractivity contribution in [3.05, 3.63) is 58.1 Å². The van der Waals surface area contributed by atoms with Gasteiger partial charge in [-0.05, 0) is 24.3 Å². The van der Waals surface area contributed by atoms with E-state index in [4.69, 9.17) is 8.83 Å². The molecule has 0 aliphatic heterocycles. The number of rotatable bonds is 2. The van der Waals surface area contributed by atoms with E-state index in [0.29, 0.717) is 17.9 Å². The first-order chi connectivity index (χ1) is 10.4. The Bertz CT molecular complexity index is 918. The van der Waals surface area contributed by atoms with Crippen molar-refractivity contribution in [1.82, 2.24) is 0 Å². The third-order valence-corrected chi connectivity index (χ3v) is 3.08. The van der Waals surface area contributed by atoms with E-state index in [9.17, 15) is 22.8 Å². The molecule has 0 saturated carbocycles. The number of alkyl halides is 3. The van der Waals surface area contributed by atoms with Crippen molar-refractivity contribution in [3.63, 3.8) is 0 Å². The van der Waals surface area contributed by atoms with E-state index in [0.717, 1.165) is 0 Å². The highest BCUT2D eigenvalue weighted by atomic mass is 19.4. The standard InChI is InChI=1S/C15H7F3O4/c16-15(17,18)11-6-14(20)22-13-5-8(1-3-10(11)13)12-4-2-9(7-19)21-12/h1-7H. The lowest BCUT2D eigenvalue weighted by Gasteiger charge is -2.09. The molecule has 3 aromatic rings. The van der Waals surface area contributed by atoms with Gasteiger partial charge in [0.2, 0.25) is 0 Å². The van der Waals surface area contributed by atoms with Crippen molar-refractivity contribution in [2.45, 2.75) is 6.18 Å². The second kappa shape index (κ2) is 4.87. The molecule has 1 aromatic carbocycles. The summed E-state index contributed by atoms with van der Waals surface area (Å²) in [5.74, 6) is 0.365. The number of benzene rings is 1. The normalized spacial score (nSPS) is 11.8. The molecule has 0 amide bonds. The van der Waals surface area contributed by atoms with Crippen LogP contribution in [-0.2, 0) is 6.18 Å². The van der Waals surface area contributed by atoms with E-state index in [2.05, 4.69) is 0 Å². The molecule has 0 fully saturated rings. The summed E-state index contributed by atoms with van der Waals surface area (Å²) in [4.78, 5) is 21.9. The number of hydrogen-bond acceptors (Lipinski definition) is 4. The van der Waals surface area contributed by atoms with Crippen molar-refractivity contribution in [1.29, 1.82) is 0 Å². The fraction of sp³-hybridized carbons (Fsp3) is 0.0667. The molecule has 22 heavy (non-hydrogen) atoms. The Kier molecular flexibility index (Phi) is 3.13. The topological polar surface area (TPSA) is 60.4 Å². The zero-order chi connectivity index (χ0) is 15.9. The first kappa shape index (κ1) is 14.1. The van der Waals surface area contributed by atoms with Gasteiger partial charge < -0.3 is 8.83 Å². The lowest BCUT2D eigenvalue weighted by molar-refractivity contribution is -0.136. The quantitative estimate of drug-likeness (QED) is 0.532. The molecule has 0 saturated heterocycles. The number of aldehydes is 1. The monoisotopic (exact) mass is 308 g/mol. The summed E-state index contributed by atoms with van der Waals surface area (Å²) < 4.78 is 48.8. The van der Waals surface area contributed by atoms with Gasteiger partial charge in [-0.15, -0.1) is 0 Å². The predicted octanol–water partition coefficient (Wildman–Crippen LogP) is 3.88. The molecule has 0 spiro atoms. The molecule has 0 radical (unpaired) electrons. The van der Waals surface area contributed by atoms with E-state index in [1.807, 2.05) is 0 Å². The van der Waals surface area contributed by atoms with Crippen molar-refractivity contribution in [2.24, 2.45) is 0 Å². The molecule has 4 nitrogen and oxygen atoms in total. The van der Waals surface area contributed by atoms with Gasteiger partial charge in [0.1, 0.15) is 11.3 Å². The first-order valence-electron chi connectivity index (χ1n) is 6.09. The van der Waals surface area contributed by atoms with Gasteiger partial charge in [0.15, 0.2) is 12.0 Å². The van der Waals surface area contributed by atoms with Crippen molar-refractivity contribution >= 4 is 17.3 Å². The lowest BCUT2D eigenvalue weighted by atomic mass is 10.1. The predicted molar refractivity (Wildman–Crippen MR) is 70.6 cm³/mol. The van der Waals surface area contributed by atoms with Gasteiger partial charge in [-0.2, -0.15) is 13.2 Å². The van der Waals surface area contributed by atoms with Crippen LogP contribution in [0.1, 0.15) is 16.1 Å². The minimum Gasteiger partial charge on any atom is -0.453 e. The number of hydrogen-bond donors (Lipinski definition) is 0. The third-order valence-electron chi connectivity index (χ3n) is 3.08. The molecule has 0 atom stereocenters. The number of fused-ring (bicyclic) bond motifs is 1. The van der Waals surface area contributed by atoms with Crippen molar-refractivity contribution in [3.8, 4) is 11.3 Å². The molecule has 3 rings (SSSR count). The second-order valence-electron chi connectivity index (χ2n) is 4.51. The average Bonchev–Trinajstić information content (AvgIpc) is 2.93. The molecule has 112 valence electrons. The third kappa shape index (κ3) is 2.41. The smallest absolute Gasteiger partial charge is 0.417 e. The largest absolute Gasteiger partial charge is 0.453 e. The minimum atomic E-state index is -4.66. The maximum absolute atomic E-state index is 12.9. The molecule has 2 aromatic heterocycles. The summed E-state index contributed by atoms with van der Waals surface area (Å²) in [6.07, 6.45) is -4.16. The van der Waals surface area contributed by atoms with Crippen LogP contribution in [0.2, 0.25) is 0 Å². The molecular weight excluding hydrogens is 301 g/mol. The van der Waals surface area contributed by atoms with Crippen LogP contribution in [-0.4, -0.2) is 6.29 Å². The Morgan fingerprint density at radius 1 is 1.00 bits per heavy atom. The van der Waals surface area contributed by atoms with Crippen LogP contribution < -0.4 is 5.63 Å². The zero-order valence-corrected chi connectivity index (χ0v) is 10.8.